The van der Waals surface area contributed by atoms with Crippen LogP contribution in [0.3, 0.4) is 0 Å². The van der Waals surface area contributed by atoms with E-state index < -0.39 is 0 Å². The van der Waals surface area contributed by atoms with Crippen LogP contribution in [0.2, 0.25) is 0 Å². The van der Waals surface area contributed by atoms with Gasteiger partial charge in [-0.1, -0.05) is 0 Å². The summed E-state index contributed by atoms with van der Waals surface area (Å²) >= 11 is 4.89. The van der Waals surface area contributed by atoms with E-state index in [9.17, 15) is 4.79 Å². The Kier molecular flexibility index (Phi) is 4.19. The molecule has 0 spiro atoms. The molecule has 0 aliphatic rings. The molecule has 0 aliphatic heterocycles. The van der Waals surface area contributed by atoms with Crippen LogP contribution in [0.15, 0.2) is 20.3 Å². The van der Waals surface area contributed by atoms with E-state index in [1.165, 1.54) is 11.3 Å². The number of hydrogen-bond acceptors (Lipinski definition) is 5. The normalized spacial score (nSPS) is 10.6. The van der Waals surface area contributed by atoms with Gasteiger partial charge in [0.2, 0.25) is 5.89 Å². The average Bonchev–Trinajstić information content (AvgIpc) is 2.85. The SMILES string of the molecule is Cc1nc(COC(=O)Cc2sccc2Br)oc1C. The zero-order chi connectivity index (χ0) is 13.1. The van der Waals surface area contributed by atoms with Crippen LogP contribution in [0.25, 0.3) is 0 Å². The number of nitrogens with zero attached hydrogens (tertiary/aromatic N) is 1. The minimum Gasteiger partial charge on any atom is -0.455 e. The second-order valence-corrected chi connectivity index (χ2v) is 5.63. The second-order valence-electron chi connectivity index (χ2n) is 3.78. The van der Waals surface area contributed by atoms with Gasteiger partial charge in [0.25, 0.3) is 0 Å². The van der Waals surface area contributed by atoms with Gasteiger partial charge in [0.1, 0.15) is 5.76 Å². The molecule has 2 aromatic heterocycles. The van der Waals surface area contributed by atoms with Crippen molar-refractivity contribution in [3.05, 3.63) is 38.1 Å². The first-order chi connectivity index (χ1) is 8.56. The van der Waals surface area contributed by atoms with Crippen molar-refractivity contribution < 1.29 is 13.9 Å². The molecule has 0 radical (unpaired) electrons. The number of halogens is 1. The summed E-state index contributed by atoms with van der Waals surface area (Å²) < 4.78 is 11.4. The fourth-order valence-electron chi connectivity index (χ4n) is 1.38. The third kappa shape index (κ3) is 3.20. The van der Waals surface area contributed by atoms with E-state index in [-0.39, 0.29) is 19.0 Å². The molecular formula is C12H12BrNO3S. The zero-order valence-corrected chi connectivity index (χ0v) is 12.4. The lowest BCUT2D eigenvalue weighted by molar-refractivity contribution is -0.144. The van der Waals surface area contributed by atoms with Gasteiger partial charge in [-0.2, -0.15) is 0 Å². The summed E-state index contributed by atoms with van der Waals surface area (Å²) in [5.41, 5.74) is 0.821. The van der Waals surface area contributed by atoms with Crippen LogP contribution in [0.5, 0.6) is 0 Å². The highest BCUT2D eigenvalue weighted by Gasteiger charge is 2.12. The van der Waals surface area contributed by atoms with Crippen LogP contribution < -0.4 is 0 Å². The van der Waals surface area contributed by atoms with Gasteiger partial charge in [-0.05, 0) is 41.2 Å². The number of carbonyl (C=O) groups excluding carboxylic acids is 1. The lowest BCUT2D eigenvalue weighted by atomic mass is 10.3. The monoisotopic (exact) mass is 329 g/mol. The van der Waals surface area contributed by atoms with E-state index in [1.54, 1.807) is 0 Å². The molecule has 0 unspecified atom stereocenters. The molecule has 0 aliphatic carbocycles. The molecule has 0 bridgehead atoms. The summed E-state index contributed by atoms with van der Waals surface area (Å²) in [4.78, 5) is 16.7. The van der Waals surface area contributed by atoms with Gasteiger partial charge in [-0.15, -0.1) is 11.3 Å². The zero-order valence-electron chi connectivity index (χ0n) is 10.0. The van der Waals surface area contributed by atoms with Gasteiger partial charge in [0, 0.05) is 9.35 Å². The van der Waals surface area contributed by atoms with Crippen molar-refractivity contribution in [3.8, 4) is 0 Å². The maximum absolute atomic E-state index is 11.6. The molecule has 4 nitrogen and oxygen atoms in total. The Labute approximate surface area is 117 Å². The quantitative estimate of drug-likeness (QED) is 0.806. The Balaban J connectivity index is 1.87. The summed E-state index contributed by atoms with van der Waals surface area (Å²) in [6.45, 7) is 3.76. The Morgan fingerprint density at radius 1 is 1.56 bits per heavy atom. The van der Waals surface area contributed by atoms with Crippen LogP contribution in [0.4, 0.5) is 0 Å². The van der Waals surface area contributed by atoms with Gasteiger partial charge < -0.3 is 9.15 Å². The van der Waals surface area contributed by atoms with Gasteiger partial charge in [-0.3, -0.25) is 4.79 Å². The summed E-state index contributed by atoms with van der Waals surface area (Å²) in [6.07, 6.45) is 0.261. The van der Waals surface area contributed by atoms with Crippen LogP contribution in [0.1, 0.15) is 22.2 Å². The van der Waals surface area contributed by atoms with E-state index >= 15 is 0 Å². The fourth-order valence-corrected chi connectivity index (χ4v) is 2.85. The number of thiophene rings is 1. The van der Waals surface area contributed by atoms with Gasteiger partial charge in [0.15, 0.2) is 6.61 Å². The van der Waals surface area contributed by atoms with E-state index in [1.807, 2.05) is 25.3 Å². The number of ether oxygens (including phenoxy) is 1. The van der Waals surface area contributed by atoms with Crippen molar-refractivity contribution in [1.82, 2.24) is 4.98 Å². The molecule has 2 aromatic rings. The number of aryl methyl sites for hydroxylation is 2. The summed E-state index contributed by atoms with van der Waals surface area (Å²) in [5, 5.41) is 1.92. The van der Waals surface area contributed by atoms with Crippen molar-refractivity contribution in [2.45, 2.75) is 26.9 Å². The van der Waals surface area contributed by atoms with Crippen LogP contribution in [0, 0.1) is 13.8 Å². The molecule has 0 amide bonds. The van der Waals surface area contributed by atoms with Crippen molar-refractivity contribution in [1.29, 1.82) is 0 Å². The van der Waals surface area contributed by atoms with E-state index in [0.717, 1.165) is 20.8 Å². The minimum atomic E-state index is -0.286. The minimum absolute atomic E-state index is 0.0799. The average molecular weight is 330 g/mol. The molecule has 0 N–H and O–H groups in total. The van der Waals surface area contributed by atoms with Crippen LogP contribution in [-0.2, 0) is 22.6 Å². The number of aromatic nitrogens is 1. The Morgan fingerprint density at radius 3 is 2.89 bits per heavy atom. The molecular weight excluding hydrogens is 318 g/mol. The third-order valence-corrected chi connectivity index (χ3v) is 4.35. The predicted molar refractivity (Wildman–Crippen MR) is 71.5 cm³/mol. The Hall–Kier alpha value is -1.14. The lowest BCUT2D eigenvalue weighted by Gasteiger charge is -2.01. The Bertz CT molecular complexity index is 542. The highest BCUT2D eigenvalue weighted by atomic mass is 79.9. The number of hydrogen-bond donors (Lipinski definition) is 0. The largest absolute Gasteiger partial charge is 0.455 e. The second kappa shape index (κ2) is 5.67. The number of carbonyl (C=O) groups is 1. The fraction of sp³-hybridized carbons (Fsp3) is 0.333. The van der Waals surface area contributed by atoms with Crippen molar-refractivity contribution >= 4 is 33.2 Å². The smallest absolute Gasteiger partial charge is 0.311 e. The van der Waals surface area contributed by atoms with E-state index in [0.29, 0.717) is 5.89 Å². The van der Waals surface area contributed by atoms with Gasteiger partial charge in [0.05, 0.1) is 12.1 Å². The van der Waals surface area contributed by atoms with Crippen molar-refractivity contribution in [3.63, 3.8) is 0 Å². The standard InChI is InChI=1S/C12H12BrNO3S/c1-7-8(2)17-11(14-7)6-16-12(15)5-10-9(13)3-4-18-10/h3-4H,5-6H2,1-2H3. The highest BCUT2D eigenvalue weighted by molar-refractivity contribution is 9.10. The molecule has 6 heteroatoms. The maximum atomic E-state index is 11.6. The van der Waals surface area contributed by atoms with Gasteiger partial charge in [-0.25, -0.2) is 4.98 Å². The van der Waals surface area contributed by atoms with Crippen LogP contribution >= 0.6 is 27.3 Å². The summed E-state index contributed by atoms with van der Waals surface area (Å²) in [5.74, 6) is 0.900. The number of esters is 1. The topological polar surface area (TPSA) is 52.3 Å². The first-order valence-corrected chi connectivity index (χ1v) is 7.04. The molecule has 2 rings (SSSR count). The molecule has 0 saturated heterocycles. The first-order valence-electron chi connectivity index (χ1n) is 5.36. The summed E-state index contributed by atoms with van der Waals surface area (Å²) in [7, 11) is 0. The predicted octanol–water partition coefficient (Wildman–Crippen LogP) is 3.40. The van der Waals surface area contributed by atoms with E-state index in [4.69, 9.17) is 9.15 Å². The number of oxazole rings is 1. The molecule has 18 heavy (non-hydrogen) atoms. The van der Waals surface area contributed by atoms with Crippen molar-refractivity contribution in [2.75, 3.05) is 0 Å². The van der Waals surface area contributed by atoms with Crippen LogP contribution in [-0.4, -0.2) is 11.0 Å². The lowest BCUT2D eigenvalue weighted by Crippen LogP contribution is -2.07. The van der Waals surface area contributed by atoms with Crippen molar-refractivity contribution in [2.24, 2.45) is 0 Å². The van der Waals surface area contributed by atoms with E-state index in [2.05, 4.69) is 20.9 Å². The highest BCUT2D eigenvalue weighted by Crippen LogP contribution is 2.23. The number of rotatable bonds is 4. The first kappa shape index (κ1) is 13.3. The summed E-state index contributed by atoms with van der Waals surface area (Å²) in [6, 6.07) is 1.91. The molecule has 0 atom stereocenters. The molecule has 0 fully saturated rings. The Morgan fingerprint density at radius 2 is 2.33 bits per heavy atom. The molecule has 0 aromatic carbocycles. The molecule has 96 valence electrons. The van der Waals surface area contributed by atoms with Gasteiger partial charge >= 0.3 is 5.97 Å². The molecule has 0 saturated carbocycles. The molecule has 2 heterocycles. The third-order valence-electron chi connectivity index (χ3n) is 2.43. The maximum Gasteiger partial charge on any atom is 0.311 e.